The van der Waals surface area contributed by atoms with Gasteiger partial charge in [-0.25, -0.2) is 4.79 Å². The minimum atomic E-state index is -0.814. The van der Waals surface area contributed by atoms with Crippen molar-refractivity contribution in [3.63, 3.8) is 0 Å². The second kappa shape index (κ2) is 8.39. The van der Waals surface area contributed by atoms with Crippen molar-refractivity contribution in [3.8, 4) is 17.1 Å². The normalized spacial score (nSPS) is 11.0. The quantitative estimate of drug-likeness (QED) is 0.294. The van der Waals surface area contributed by atoms with E-state index in [4.69, 9.17) is 44.0 Å². The lowest BCUT2D eigenvalue weighted by Gasteiger charge is -2.13. The van der Waals surface area contributed by atoms with Crippen molar-refractivity contribution < 1.29 is 13.9 Å². The second-order valence-electron chi connectivity index (χ2n) is 7.04. The van der Waals surface area contributed by atoms with Crippen LogP contribution in [0, 0.1) is 13.8 Å². The maximum atomic E-state index is 13.4. The van der Waals surface area contributed by atoms with E-state index in [0.717, 1.165) is 11.1 Å². The molecule has 0 saturated carbocycles. The van der Waals surface area contributed by atoms with Crippen molar-refractivity contribution in [2.24, 2.45) is 0 Å². The molecule has 0 aliphatic carbocycles. The van der Waals surface area contributed by atoms with Crippen LogP contribution >= 0.6 is 34.8 Å². The Labute approximate surface area is 192 Å². The number of aryl methyl sites for hydroxylation is 2. The Morgan fingerprint density at radius 1 is 0.935 bits per heavy atom. The predicted octanol–water partition coefficient (Wildman–Crippen LogP) is 7.26. The summed E-state index contributed by atoms with van der Waals surface area (Å²) in [6.07, 6.45) is 0. The lowest BCUT2D eigenvalue weighted by atomic mass is 10.1. The van der Waals surface area contributed by atoms with Crippen LogP contribution in [0.5, 0.6) is 5.75 Å². The zero-order chi connectivity index (χ0) is 22.3. The van der Waals surface area contributed by atoms with Crippen molar-refractivity contribution in [1.82, 2.24) is 0 Å². The molecule has 156 valence electrons. The van der Waals surface area contributed by atoms with Gasteiger partial charge in [-0.2, -0.15) is 0 Å². The van der Waals surface area contributed by atoms with Gasteiger partial charge in [0.15, 0.2) is 5.76 Å². The number of fused-ring (bicyclic) bond motifs is 1. The molecular formula is C24H15Cl3O4. The van der Waals surface area contributed by atoms with E-state index in [1.54, 1.807) is 30.3 Å². The van der Waals surface area contributed by atoms with Crippen LogP contribution < -0.4 is 10.2 Å². The van der Waals surface area contributed by atoms with Crippen LogP contribution in [0.1, 0.15) is 21.5 Å². The van der Waals surface area contributed by atoms with Gasteiger partial charge >= 0.3 is 5.97 Å². The maximum Gasteiger partial charge on any atom is 0.345 e. The number of benzene rings is 3. The van der Waals surface area contributed by atoms with Crippen LogP contribution in [0.4, 0.5) is 0 Å². The highest BCUT2D eigenvalue weighted by molar-refractivity contribution is 6.36. The Hall–Kier alpha value is -2.79. The van der Waals surface area contributed by atoms with Gasteiger partial charge < -0.3 is 9.15 Å². The van der Waals surface area contributed by atoms with Crippen LogP contribution in [-0.4, -0.2) is 5.97 Å². The average molecular weight is 474 g/mol. The lowest BCUT2D eigenvalue weighted by Crippen LogP contribution is -2.17. The molecule has 0 unspecified atom stereocenters. The predicted molar refractivity (Wildman–Crippen MR) is 124 cm³/mol. The molecule has 0 atom stereocenters. The summed E-state index contributed by atoms with van der Waals surface area (Å²) in [7, 11) is 0. The molecule has 0 spiro atoms. The van der Waals surface area contributed by atoms with Crippen LogP contribution in [0.3, 0.4) is 0 Å². The molecule has 1 aromatic heterocycles. The minimum Gasteiger partial charge on any atom is -0.452 e. The Bertz CT molecular complexity index is 1410. The van der Waals surface area contributed by atoms with Gasteiger partial charge in [-0.05, 0) is 61.4 Å². The van der Waals surface area contributed by atoms with Crippen LogP contribution in [0.2, 0.25) is 15.1 Å². The molecular weight excluding hydrogens is 459 g/mol. The minimum absolute atomic E-state index is 0.0634. The number of carbonyl (C=O) groups excluding carboxylic acids is 1. The number of hydrogen-bond acceptors (Lipinski definition) is 4. The van der Waals surface area contributed by atoms with Gasteiger partial charge in [-0.3, -0.25) is 4.79 Å². The zero-order valence-corrected chi connectivity index (χ0v) is 18.7. The molecule has 3 aromatic carbocycles. The number of carbonyl (C=O) groups is 1. The largest absolute Gasteiger partial charge is 0.452 e. The number of rotatable bonds is 3. The van der Waals surface area contributed by atoms with Crippen LogP contribution in [0.15, 0.2) is 63.8 Å². The standard InChI is InChI=1S/C24H15Cl3O4/c1-12-9-13(2)21-17(10-12)20(28)23(22(30-21)15-5-3-4-6-18(15)26)31-24(29)16-8-7-14(25)11-19(16)27/h3-11H,1-2H3. The molecule has 31 heavy (non-hydrogen) atoms. The second-order valence-corrected chi connectivity index (χ2v) is 8.29. The fourth-order valence-electron chi connectivity index (χ4n) is 3.35. The molecule has 0 aliphatic heterocycles. The molecule has 4 nitrogen and oxygen atoms in total. The molecule has 0 aliphatic rings. The molecule has 0 N–H and O–H groups in total. The van der Waals surface area contributed by atoms with E-state index in [1.165, 1.54) is 18.2 Å². The van der Waals surface area contributed by atoms with E-state index in [2.05, 4.69) is 0 Å². The topological polar surface area (TPSA) is 56.5 Å². The summed E-state index contributed by atoms with van der Waals surface area (Å²) in [6.45, 7) is 3.71. The van der Waals surface area contributed by atoms with Gasteiger partial charge in [0, 0.05) is 10.6 Å². The lowest BCUT2D eigenvalue weighted by molar-refractivity contribution is 0.0731. The highest BCUT2D eigenvalue weighted by atomic mass is 35.5. The van der Waals surface area contributed by atoms with Gasteiger partial charge in [0.2, 0.25) is 11.2 Å². The van der Waals surface area contributed by atoms with Gasteiger partial charge in [0.1, 0.15) is 5.58 Å². The smallest absolute Gasteiger partial charge is 0.345 e. The third-order valence-corrected chi connectivity index (χ3v) is 5.62. The monoisotopic (exact) mass is 472 g/mol. The molecule has 0 bridgehead atoms. The first kappa shape index (κ1) is 21.4. The summed E-state index contributed by atoms with van der Waals surface area (Å²) in [6, 6.07) is 14.8. The summed E-state index contributed by atoms with van der Waals surface area (Å²) in [5, 5.41) is 1.12. The van der Waals surface area contributed by atoms with Gasteiger partial charge in [-0.15, -0.1) is 0 Å². The summed E-state index contributed by atoms with van der Waals surface area (Å²) in [4.78, 5) is 26.3. The van der Waals surface area contributed by atoms with Crippen molar-refractivity contribution in [1.29, 1.82) is 0 Å². The number of esters is 1. The summed E-state index contributed by atoms with van der Waals surface area (Å²) < 4.78 is 11.6. The first-order valence-corrected chi connectivity index (χ1v) is 10.4. The average Bonchev–Trinajstić information content (AvgIpc) is 2.71. The van der Waals surface area contributed by atoms with Crippen LogP contribution in [-0.2, 0) is 0 Å². The van der Waals surface area contributed by atoms with Gasteiger partial charge in [0.05, 0.1) is 21.0 Å². The molecule has 4 rings (SSSR count). The van der Waals surface area contributed by atoms with Crippen molar-refractivity contribution in [2.75, 3.05) is 0 Å². The zero-order valence-electron chi connectivity index (χ0n) is 16.5. The number of ether oxygens (including phenoxy) is 1. The number of hydrogen-bond donors (Lipinski definition) is 0. The first-order valence-electron chi connectivity index (χ1n) is 9.26. The SMILES string of the molecule is Cc1cc(C)c2oc(-c3ccccc3Cl)c(OC(=O)c3ccc(Cl)cc3Cl)c(=O)c2c1. The van der Waals surface area contributed by atoms with Gasteiger partial charge in [0.25, 0.3) is 0 Å². The Morgan fingerprint density at radius 3 is 2.39 bits per heavy atom. The van der Waals surface area contributed by atoms with Crippen molar-refractivity contribution >= 4 is 51.7 Å². The molecule has 1 heterocycles. The maximum absolute atomic E-state index is 13.4. The molecule has 0 saturated heterocycles. The van der Waals surface area contributed by atoms with E-state index < -0.39 is 11.4 Å². The van der Waals surface area contributed by atoms with Gasteiger partial charge in [-0.1, -0.05) is 53.0 Å². The van der Waals surface area contributed by atoms with E-state index >= 15 is 0 Å². The van der Waals surface area contributed by atoms with Crippen LogP contribution in [0.25, 0.3) is 22.3 Å². The fourth-order valence-corrected chi connectivity index (χ4v) is 4.06. The highest BCUT2D eigenvalue weighted by Crippen LogP contribution is 2.36. The molecule has 0 amide bonds. The third-order valence-electron chi connectivity index (χ3n) is 4.74. The summed E-state index contributed by atoms with van der Waals surface area (Å²) in [5.41, 5.74) is 2.06. The first-order chi connectivity index (χ1) is 14.8. The summed E-state index contributed by atoms with van der Waals surface area (Å²) >= 11 is 18.4. The van der Waals surface area contributed by atoms with Crippen molar-refractivity contribution in [2.45, 2.75) is 13.8 Å². The van der Waals surface area contributed by atoms with E-state index in [1.807, 2.05) is 19.9 Å². The van der Waals surface area contributed by atoms with Crippen molar-refractivity contribution in [3.05, 3.63) is 96.6 Å². The van der Waals surface area contributed by atoms with E-state index in [-0.39, 0.29) is 22.1 Å². The molecule has 4 aromatic rings. The molecule has 0 radical (unpaired) electrons. The fraction of sp³-hybridized carbons (Fsp3) is 0.0833. The molecule has 0 fully saturated rings. The molecule has 7 heteroatoms. The number of halogens is 3. The Balaban J connectivity index is 1.97. The highest BCUT2D eigenvalue weighted by Gasteiger charge is 2.24. The van der Waals surface area contributed by atoms with E-state index in [0.29, 0.717) is 26.6 Å². The third kappa shape index (κ3) is 4.07. The Kier molecular flexibility index (Phi) is 5.80. The van der Waals surface area contributed by atoms with E-state index in [9.17, 15) is 9.59 Å². The Morgan fingerprint density at radius 2 is 1.68 bits per heavy atom. The summed E-state index contributed by atoms with van der Waals surface area (Å²) in [5.74, 6) is -1.01.